The molecule has 0 radical (unpaired) electrons. The summed E-state index contributed by atoms with van der Waals surface area (Å²) in [5, 5.41) is 9.53. The smallest absolute Gasteiger partial charge is 0.324 e. The van der Waals surface area contributed by atoms with E-state index in [9.17, 15) is 18.3 Å². The van der Waals surface area contributed by atoms with Crippen molar-refractivity contribution in [3.8, 4) is 11.5 Å². The lowest BCUT2D eigenvalue weighted by Crippen LogP contribution is -2.36. The first-order valence-electron chi connectivity index (χ1n) is 7.69. The van der Waals surface area contributed by atoms with Crippen molar-refractivity contribution in [2.24, 2.45) is 0 Å². The van der Waals surface area contributed by atoms with Gasteiger partial charge in [-0.05, 0) is 36.8 Å². The lowest BCUT2D eigenvalue weighted by molar-refractivity contribution is -0.135. The van der Waals surface area contributed by atoms with Gasteiger partial charge in [-0.1, -0.05) is 17.7 Å². The number of halogens is 1. The Kier molecular flexibility index (Phi) is 4.97. The van der Waals surface area contributed by atoms with Crippen molar-refractivity contribution in [2.75, 3.05) is 24.1 Å². The van der Waals surface area contributed by atoms with Gasteiger partial charge in [-0.3, -0.25) is 9.10 Å². The molecule has 0 aromatic heterocycles. The van der Waals surface area contributed by atoms with E-state index >= 15 is 0 Å². The van der Waals surface area contributed by atoms with Crippen LogP contribution in [-0.4, -0.2) is 39.3 Å². The highest BCUT2D eigenvalue weighted by molar-refractivity contribution is 7.92. The minimum absolute atomic E-state index is 0.0950. The standard InChI is InChI=1S/C17H16ClNO6S/c1-11-2-3-12(18)8-14(11)19(10-17(20)21)26(22,23)13-4-5-15-16(9-13)25-7-6-24-15/h2-5,8-9H,6-7,10H2,1H3,(H,20,21). The second kappa shape index (κ2) is 7.05. The molecule has 0 saturated carbocycles. The third kappa shape index (κ3) is 3.56. The molecule has 1 heterocycles. The van der Waals surface area contributed by atoms with Crippen LogP contribution in [0.25, 0.3) is 0 Å². The lowest BCUT2D eigenvalue weighted by atomic mass is 10.2. The number of aryl methyl sites for hydroxylation is 1. The second-order valence-electron chi connectivity index (χ2n) is 5.64. The molecule has 9 heteroatoms. The summed E-state index contributed by atoms with van der Waals surface area (Å²) >= 11 is 5.98. The van der Waals surface area contributed by atoms with Crippen molar-refractivity contribution in [3.05, 3.63) is 47.0 Å². The number of benzene rings is 2. The maximum absolute atomic E-state index is 13.1. The van der Waals surface area contributed by atoms with E-state index in [4.69, 9.17) is 21.1 Å². The zero-order valence-electron chi connectivity index (χ0n) is 13.8. The molecule has 0 aliphatic carbocycles. The number of sulfonamides is 1. The molecule has 1 N–H and O–H groups in total. The first-order valence-corrected chi connectivity index (χ1v) is 9.51. The highest BCUT2D eigenvalue weighted by Crippen LogP contribution is 2.35. The zero-order chi connectivity index (χ0) is 18.9. The van der Waals surface area contributed by atoms with Crippen LogP contribution in [-0.2, 0) is 14.8 Å². The van der Waals surface area contributed by atoms with Gasteiger partial charge in [0.05, 0.1) is 10.6 Å². The summed E-state index contributed by atoms with van der Waals surface area (Å²) in [4.78, 5) is 11.2. The molecule has 1 aliphatic heterocycles. The van der Waals surface area contributed by atoms with Crippen LogP contribution in [0.1, 0.15) is 5.56 Å². The maximum Gasteiger partial charge on any atom is 0.324 e. The third-order valence-corrected chi connectivity index (χ3v) is 5.81. The Labute approximate surface area is 155 Å². The largest absolute Gasteiger partial charge is 0.486 e. The average Bonchev–Trinajstić information content (AvgIpc) is 2.61. The molecule has 7 nitrogen and oxygen atoms in total. The van der Waals surface area contributed by atoms with E-state index < -0.39 is 22.5 Å². The summed E-state index contributed by atoms with van der Waals surface area (Å²) in [5.74, 6) is -0.542. The molecule has 26 heavy (non-hydrogen) atoms. The fourth-order valence-corrected chi connectivity index (χ4v) is 4.24. The Morgan fingerprint density at radius 2 is 1.85 bits per heavy atom. The van der Waals surface area contributed by atoms with Crippen LogP contribution in [0.15, 0.2) is 41.3 Å². The second-order valence-corrected chi connectivity index (χ2v) is 7.94. The molecular weight excluding hydrogens is 382 g/mol. The molecule has 3 rings (SSSR count). The number of anilines is 1. The van der Waals surface area contributed by atoms with Gasteiger partial charge in [0.25, 0.3) is 10.0 Å². The highest BCUT2D eigenvalue weighted by Gasteiger charge is 2.29. The Hall–Kier alpha value is -2.45. The zero-order valence-corrected chi connectivity index (χ0v) is 15.4. The number of carbonyl (C=O) groups is 1. The Morgan fingerprint density at radius 1 is 1.15 bits per heavy atom. The summed E-state index contributed by atoms with van der Waals surface area (Å²) in [6, 6.07) is 8.85. The molecule has 0 atom stereocenters. The molecule has 2 aromatic rings. The Bertz CT molecular complexity index is 960. The Morgan fingerprint density at radius 3 is 2.54 bits per heavy atom. The quantitative estimate of drug-likeness (QED) is 0.833. The molecular formula is C17H16ClNO6S. The number of hydrogen-bond donors (Lipinski definition) is 1. The minimum atomic E-state index is -4.16. The van der Waals surface area contributed by atoms with E-state index in [1.54, 1.807) is 19.1 Å². The van der Waals surface area contributed by atoms with Gasteiger partial charge in [-0.15, -0.1) is 0 Å². The van der Waals surface area contributed by atoms with Crippen molar-refractivity contribution in [2.45, 2.75) is 11.8 Å². The van der Waals surface area contributed by atoms with Gasteiger partial charge in [0.15, 0.2) is 11.5 Å². The van der Waals surface area contributed by atoms with Crippen LogP contribution < -0.4 is 13.8 Å². The fraction of sp³-hybridized carbons (Fsp3) is 0.235. The van der Waals surface area contributed by atoms with Crippen molar-refractivity contribution >= 4 is 33.3 Å². The molecule has 0 bridgehead atoms. The fourth-order valence-electron chi connectivity index (χ4n) is 2.59. The van der Waals surface area contributed by atoms with Crippen LogP contribution in [0.5, 0.6) is 11.5 Å². The van der Waals surface area contributed by atoms with Crippen LogP contribution in [0.3, 0.4) is 0 Å². The van der Waals surface area contributed by atoms with Gasteiger partial charge in [-0.2, -0.15) is 0 Å². The SMILES string of the molecule is Cc1ccc(Cl)cc1N(CC(=O)O)S(=O)(=O)c1ccc2c(c1)OCCO2. The molecule has 2 aromatic carbocycles. The van der Waals surface area contributed by atoms with Gasteiger partial charge in [0.1, 0.15) is 19.8 Å². The van der Waals surface area contributed by atoms with Gasteiger partial charge in [-0.25, -0.2) is 8.42 Å². The van der Waals surface area contributed by atoms with Crippen molar-refractivity contribution in [1.82, 2.24) is 0 Å². The summed E-state index contributed by atoms with van der Waals surface area (Å²) in [6.07, 6.45) is 0. The molecule has 1 aliphatic rings. The van der Waals surface area contributed by atoms with Gasteiger partial charge < -0.3 is 14.6 Å². The van der Waals surface area contributed by atoms with Gasteiger partial charge >= 0.3 is 5.97 Å². The van der Waals surface area contributed by atoms with Crippen LogP contribution in [0.4, 0.5) is 5.69 Å². The number of carboxylic acid groups (broad SMARTS) is 1. The first kappa shape index (κ1) is 18.3. The molecule has 0 saturated heterocycles. The number of carboxylic acids is 1. The van der Waals surface area contributed by atoms with E-state index in [0.29, 0.717) is 35.3 Å². The predicted molar refractivity (Wildman–Crippen MR) is 95.8 cm³/mol. The van der Waals surface area contributed by atoms with E-state index in [-0.39, 0.29) is 10.6 Å². The van der Waals surface area contributed by atoms with Crippen molar-refractivity contribution in [3.63, 3.8) is 0 Å². The summed E-state index contributed by atoms with van der Waals surface area (Å²) in [7, 11) is -4.16. The molecule has 0 unspecified atom stereocenters. The molecule has 0 spiro atoms. The monoisotopic (exact) mass is 397 g/mol. The number of hydrogen-bond acceptors (Lipinski definition) is 5. The van der Waals surface area contributed by atoms with Crippen LogP contribution in [0, 0.1) is 6.92 Å². The lowest BCUT2D eigenvalue weighted by Gasteiger charge is -2.25. The normalized spacial score (nSPS) is 13.3. The maximum atomic E-state index is 13.1. The number of aliphatic carboxylic acids is 1. The van der Waals surface area contributed by atoms with Crippen LogP contribution in [0.2, 0.25) is 5.02 Å². The minimum Gasteiger partial charge on any atom is -0.486 e. The predicted octanol–water partition coefficient (Wildman–Crippen LogP) is 2.70. The van der Waals surface area contributed by atoms with Crippen molar-refractivity contribution in [1.29, 1.82) is 0 Å². The number of ether oxygens (including phenoxy) is 2. The van der Waals surface area contributed by atoms with Crippen molar-refractivity contribution < 1.29 is 27.8 Å². The first-order chi connectivity index (χ1) is 12.3. The van der Waals surface area contributed by atoms with Crippen LogP contribution >= 0.6 is 11.6 Å². The highest BCUT2D eigenvalue weighted by atomic mass is 35.5. The van der Waals surface area contributed by atoms with E-state index in [1.807, 2.05) is 0 Å². The van der Waals surface area contributed by atoms with Gasteiger partial charge in [0, 0.05) is 11.1 Å². The molecule has 0 amide bonds. The van der Waals surface area contributed by atoms with E-state index in [2.05, 4.69) is 0 Å². The topological polar surface area (TPSA) is 93.1 Å². The van der Waals surface area contributed by atoms with Gasteiger partial charge in [0.2, 0.25) is 0 Å². The Balaban J connectivity index is 2.10. The molecule has 138 valence electrons. The van der Waals surface area contributed by atoms with E-state index in [1.165, 1.54) is 24.3 Å². The average molecular weight is 398 g/mol. The third-order valence-electron chi connectivity index (χ3n) is 3.82. The summed E-state index contributed by atoms with van der Waals surface area (Å²) < 4.78 is 37.9. The summed E-state index contributed by atoms with van der Waals surface area (Å²) in [6.45, 7) is 1.63. The molecule has 0 fully saturated rings. The summed E-state index contributed by atoms with van der Waals surface area (Å²) in [5.41, 5.74) is 0.784. The van der Waals surface area contributed by atoms with E-state index in [0.717, 1.165) is 4.31 Å². The number of nitrogens with zero attached hydrogens (tertiary/aromatic N) is 1. The number of fused-ring (bicyclic) bond motifs is 1. The number of rotatable bonds is 5.